The minimum absolute atomic E-state index is 0.0936. The van der Waals surface area contributed by atoms with Crippen molar-refractivity contribution in [3.63, 3.8) is 0 Å². The number of hydrogen-bond donors (Lipinski definition) is 2. The molecule has 2 aromatic rings. The standard InChI is InChI=1S/C9H11N5O2S/c1-5-3-7(14-13-5)6-4-8(10)12-9(11-6)17(2,15)16/h3-4H,1-2H3,(H,13,14)(H2,10,11,12). The zero-order chi connectivity index (χ0) is 12.6. The molecule has 8 heteroatoms. The van der Waals surface area contributed by atoms with Gasteiger partial charge in [-0.25, -0.2) is 18.4 Å². The van der Waals surface area contributed by atoms with E-state index in [1.54, 1.807) is 6.07 Å². The van der Waals surface area contributed by atoms with E-state index in [4.69, 9.17) is 5.73 Å². The zero-order valence-electron chi connectivity index (χ0n) is 9.30. The summed E-state index contributed by atoms with van der Waals surface area (Å²) in [7, 11) is -3.49. The van der Waals surface area contributed by atoms with Crippen LogP contribution in [0.25, 0.3) is 11.4 Å². The summed E-state index contributed by atoms with van der Waals surface area (Å²) in [6, 6.07) is 3.22. The summed E-state index contributed by atoms with van der Waals surface area (Å²) in [5.74, 6) is 0.0936. The molecule has 3 N–H and O–H groups in total. The van der Waals surface area contributed by atoms with E-state index in [0.29, 0.717) is 11.4 Å². The van der Waals surface area contributed by atoms with Gasteiger partial charge in [-0.2, -0.15) is 5.10 Å². The Bertz CT molecular complexity index is 662. The van der Waals surface area contributed by atoms with Gasteiger partial charge in [0.2, 0.25) is 15.0 Å². The third kappa shape index (κ3) is 2.41. The van der Waals surface area contributed by atoms with Crippen molar-refractivity contribution in [3.8, 4) is 11.4 Å². The van der Waals surface area contributed by atoms with Crippen LogP contribution in [0.1, 0.15) is 5.69 Å². The monoisotopic (exact) mass is 253 g/mol. The molecule has 0 unspecified atom stereocenters. The Morgan fingerprint density at radius 3 is 2.47 bits per heavy atom. The molecule has 0 bridgehead atoms. The van der Waals surface area contributed by atoms with Crippen LogP contribution in [0.2, 0.25) is 0 Å². The van der Waals surface area contributed by atoms with E-state index in [1.165, 1.54) is 6.07 Å². The highest BCUT2D eigenvalue weighted by atomic mass is 32.2. The van der Waals surface area contributed by atoms with Crippen molar-refractivity contribution in [1.82, 2.24) is 20.2 Å². The first kappa shape index (κ1) is 11.5. The average molecular weight is 253 g/mol. The molecular weight excluding hydrogens is 242 g/mol. The van der Waals surface area contributed by atoms with Crippen LogP contribution in [-0.4, -0.2) is 34.8 Å². The minimum atomic E-state index is -3.49. The van der Waals surface area contributed by atoms with Crippen molar-refractivity contribution in [1.29, 1.82) is 0 Å². The number of aromatic nitrogens is 4. The van der Waals surface area contributed by atoms with E-state index in [-0.39, 0.29) is 11.0 Å². The summed E-state index contributed by atoms with van der Waals surface area (Å²) < 4.78 is 22.7. The fourth-order valence-corrected chi connectivity index (χ4v) is 1.82. The van der Waals surface area contributed by atoms with Gasteiger partial charge < -0.3 is 5.73 Å². The summed E-state index contributed by atoms with van der Waals surface area (Å²) in [6.07, 6.45) is 1.03. The van der Waals surface area contributed by atoms with E-state index >= 15 is 0 Å². The first-order valence-corrected chi connectivity index (χ1v) is 6.62. The Hall–Kier alpha value is -1.96. The quantitative estimate of drug-likeness (QED) is 0.737. The Balaban J connectivity index is 2.60. The van der Waals surface area contributed by atoms with Gasteiger partial charge in [-0.1, -0.05) is 0 Å². The number of aryl methyl sites for hydroxylation is 1. The second kappa shape index (κ2) is 3.81. The van der Waals surface area contributed by atoms with Crippen molar-refractivity contribution >= 4 is 15.7 Å². The van der Waals surface area contributed by atoms with Crippen molar-refractivity contribution in [2.45, 2.75) is 12.1 Å². The molecule has 90 valence electrons. The molecule has 0 fully saturated rings. The largest absolute Gasteiger partial charge is 0.384 e. The summed E-state index contributed by atoms with van der Waals surface area (Å²) in [4.78, 5) is 7.60. The highest BCUT2D eigenvalue weighted by Gasteiger charge is 2.15. The highest BCUT2D eigenvalue weighted by molar-refractivity contribution is 7.90. The Labute approximate surface area is 98.0 Å². The molecule has 0 radical (unpaired) electrons. The number of nitrogens with two attached hydrogens (primary N) is 1. The molecule has 17 heavy (non-hydrogen) atoms. The van der Waals surface area contributed by atoms with Gasteiger partial charge in [0.05, 0.1) is 5.69 Å². The second-order valence-electron chi connectivity index (χ2n) is 3.67. The van der Waals surface area contributed by atoms with E-state index in [9.17, 15) is 8.42 Å². The molecule has 7 nitrogen and oxygen atoms in total. The minimum Gasteiger partial charge on any atom is -0.384 e. The van der Waals surface area contributed by atoms with Crippen LogP contribution < -0.4 is 5.73 Å². The smallest absolute Gasteiger partial charge is 0.249 e. The molecule has 0 saturated heterocycles. The normalized spacial score (nSPS) is 11.6. The van der Waals surface area contributed by atoms with Crippen molar-refractivity contribution in [2.75, 3.05) is 12.0 Å². The van der Waals surface area contributed by atoms with Crippen molar-refractivity contribution in [2.24, 2.45) is 0 Å². The Morgan fingerprint density at radius 1 is 1.24 bits per heavy atom. The predicted molar refractivity (Wildman–Crippen MR) is 61.9 cm³/mol. The van der Waals surface area contributed by atoms with Crippen LogP contribution in [0.15, 0.2) is 17.3 Å². The topological polar surface area (TPSA) is 115 Å². The summed E-state index contributed by atoms with van der Waals surface area (Å²) in [6.45, 7) is 1.83. The Kier molecular flexibility index (Phi) is 2.58. The van der Waals surface area contributed by atoms with Crippen LogP contribution in [0.3, 0.4) is 0 Å². The fraction of sp³-hybridized carbons (Fsp3) is 0.222. The molecule has 2 aromatic heterocycles. The van der Waals surface area contributed by atoms with E-state index < -0.39 is 9.84 Å². The van der Waals surface area contributed by atoms with Gasteiger partial charge in [0.1, 0.15) is 11.5 Å². The summed E-state index contributed by atoms with van der Waals surface area (Å²) in [5.41, 5.74) is 7.30. The lowest BCUT2D eigenvalue weighted by atomic mass is 10.3. The fourth-order valence-electron chi connectivity index (χ4n) is 1.29. The van der Waals surface area contributed by atoms with Crippen LogP contribution >= 0.6 is 0 Å². The lowest BCUT2D eigenvalue weighted by Gasteiger charge is -2.01. The number of nitrogens with one attached hydrogen (secondary N) is 1. The molecule has 2 heterocycles. The third-order valence-corrected chi connectivity index (χ3v) is 2.87. The number of anilines is 1. The maximum Gasteiger partial charge on any atom is 0.249 e. The van der Waals surface area contributed by atoms with Crippen LogP contribution in [0.4, 0.5) is 5.82 Å². The lowest BCUT2D eigenvalue weighted by molar-refractivity contribution is 0.593. The summed E-state index contributed by atoms with van der Waals surface area (Å²) in [5, 5.41) is 6.43. The van der Waals surface area contributed by atoms with Crippen molar-refractivity contribution in [3.05, 3.63) is 17.8 Å². The Morgan fingerprint density at radius 2 is 1.94 bits per heavy atom. The second-order valence-corrected chi connectivity index (χ2v) is 5.58. The maximum atomic E-state index is 11.4. The van der Waals surface area contributed by atoms with Crippen molar-refractivity contribution < 1.29 is 8.42 Å². The van der Waals surface area contributed by atoms with E-state index in [2.05, 4.69) is 20.2 Å². The molecule has 0 spiro atoms. The molecule has 0 aliphatic carbocycles. The van der Waals surface area contributed by atoms with Gasteiger partial charge in [-0.05, 0) is 13.0 Å². The highest BCUT2D eigenvalue weighted by Crippen LogP contribution is 2.18. The van der Waals surface area contributed by atoms with Gasteiger partial charge in [-0.3, -0.25) is 5.10 Å². The average Bonchev–Trinajstić information content (AvgIpc) is 2.62. The van der Waals surface area contributed by atoms with Gasteiger partial charge in [0.15, 0.2) is 0 Å². The van der Waals surface area contributed by atoms with E-state index in [1.807, 2.05) is 6.92 Å². The number of hydrogen-bond acceptors (Lipinski definition) is 6. The molecule has 0 amide bonds. The molecule has 0 saturated carbocycles. The first-order chi connectivity index (χ1) is 7.86. The maximum absolute atomic E-state index is 11.4. The van der Waals surface area contributed by atoms with E-state index in [0.717, 1.165) is 11.9 Å². The molecular formula is C9H11N5O2S. The predicted octanol–water partition coefficient (Wildman–Crippen LogP) is 0.161. The van der Waals surface area contributed by atoms with Gasteiger partial charge >= 0.3 is 0 Å². The lowest BCUT2D eigenvalue weighted by Crippen LogP contribution is -2.07. The number of nitrogen functional groups attached to an aromatic ring is 1. The summed E-state index contributed by atoms with van der Waals surface area (Å²) >= 11 is 0. The SMILES string of the molecule is Cc1cc(-c2cc(N)nc(S(C)(=O)=O)n2)n[nH]1. The molecule has 0 aliphatic rings. The molecule has 0 aromatic carbocycles. The first-order valence-electron chi connectivity index (χ1n) is 4.73. The zero-order valence-corrected chi connectivity index (χ0v) is 10.1. The van der Waals surface area contributed by atoms with Crippen LogP contribution in [0.5, 0.6) is 0 Å². The number of H-pyrrole nitrogens is 1. The molecule has 0 aliphatic heterocycles. The molecule has 2 rings (SSSR count). The molecule has 0 atom stereocenters. The third-order valence-electron chi connectivity index (χ3n) is 2.03. The van der Waals surface area contributed by atoms with Crippen LogP contribution in [0, 0.1) is 6.92 Å². The van der Waals surface area contributed by atoms with Gasteiger partial charge in [0, 0.05) is 18.0 Å². The number of rotatable bonds is 2. The number of nitrogens with zero attached hydrogens (tertiary/aromatic N) is 3. The number of sulfone groups is 1. The number of aromatic amines is 1. The van der Waals surface area contributed by atoms with Crippen LogP contribution in [-0.2, 0) is 9.84 Å². The van der Waals surface area contributed by atoms with Gasteiger partial charge in [-0.15, -0.1) is 0 Å². The van der Waals surface area contributed by atoms with Gasteiger partial charge in [0.25, 0.3) is 0 Å².